The molecule has 108 valence electrons. The molecule has 0 aliphatic rings. The average molecular weight is 281 g/mol. The molecule has 4 heteroatoms. The van der Waals surface area contributed by atoms with Crippen LogP contribution in [-0.4, -0.2) is 16.9 Å². The minimum atomic E-state index is -0.661. The number of amides is 1. The quantitative estimate of drug-likeness (QED) is 0.836. The lowest BCUT2D eigenvalue weighted by molar-refractivity contribution is -0.119. The van der Waals surface area contributed by atoms with Crippen molar-refractivity contribution < 1.29 is 4.79 Å². The number of nitrogens with zero attached hydrogens (tertiary/aromatic N) is 1. The molecule has 4 N–H and O–H groups in total. The number of primary amides is 1. The first-order chi connectivity index (χ1) is 10.1. The molecule has 1 heterocycles. The zero-order chi connectivity index (χ0) is 15.8. The fraction of sp³-hybridized carbons (Fsp3) is 0.176. The van der Waals surface area contributed by atoms with Crippen molar-refractivity contribution in [2.45, 2.75) is 19.4 Å². The van der Waals surface area contributed by atoms with Crippen molar-refractivity contribution in [3.63, 3.8) is 0 Å². The Balaban J connectivity index is 0.00000106. The number of rotatable bonds is 4. The fourth-order valence-electron chi connectivity index (χ4n) is 1.92. The Hall–Kier alpha value is -2.64. The Morgan fingerprint density at radius 1 is 1.24 bits per heavy atom. The predicted octanol–water partition coefficient (Wildman–Crippen LogP) is 1.66. The molecule has 2 aromatic rings. The van der Waals surface area contributed by atoms with Gasteiger partial charge in [-0.25, -0.2) is 0 Å². The van der Waals surface area contributed by atoms with Gasteiger partial charge >= 0.3 is 0 Å². The number of aromatic nitrogens is 1. The second-order valence-electron chi connectivity index (χ2n) is 4.58. The van der Waals surface area contributed by atoms with Gasteiger partial charge in [0.25, 0.3) is 0 Å². The van der Waals surface area contributed by atoms with Crippen molar-refractivity contribution in [1.29, 1.82) is 0 Å². The van der Waals surface area contributed by atoms with Crippen LogP contribution in [-0.2, 0) is 11.2 Å². The molecular weight excluding hydrogens is 262 g/mol. The lowest BCUT2D eigenvalue weighted by Crippen LogP contribution is -2.38. The molecule has 0 saturated carbocycles. The van der Waals surface area contributed by atoms with E-state index >= 15 is 0 Å². The third kappa shape index (κ3) is 4.44. The minimum absolute atomic E-state index is 0.413. The van der Waals surface area contributed by atoms with Crippen LogP contribution in [0.2, 0.25) is 0 Å². The predicted molar refractivity (Wildman–Crippen MR) is 85.2 cm³/mol. The number of benzene rings is 1. The SMILES string of the molecule is C#C.Cc1ccccc1-c1ccc(C[C@H](N)C(N)=O)cn1. The highest BCUT2D eigenvalue weighted by atomic mass is 16.1. The average Bonchev–Trinajstić information content (AvgIpc) is 2.50. The third-order valence-corrected chi connectivity index (χ3v) is 3.07. The molecule has 2 rings (SSSR count). The molecule has 21 heavy (non-hydrogen) atoms. The number of hydrogen-bond donors (Lipinski definition) is 2. The Morgan fingerprint density at radius 2 is 1.90 bits per heavy atom. The molecule has 0 unspecified atom stereocenters. The van der Waals surface area contributed by atoms with E-state index in [1.54, 1.807) is 6.20 Å². The topological polar surface area (TPSA) is 82.0 Å². The van der Waals surface area contributed by atoms with Crippen LogP contribution in [0, 0.1) is 19.8 Å². The van der Waals surface area contributed by atoms with E-state index in [-0.39, 0.29) is 0 Å². The third-order valence-electron chi connectivity index (χ3n) is 3.07. The monoisotopic (exact) mass is 281 g/mol. The Bertz CT molecular complexity index is 617. The number of terminal acetylenes is 1. The van der Waals surface area contributed by atoms with Gasteiger partial charge in [-0.15, -0.1) is 12.8 Å². The second kappa shape index (κ2) is 7.83. The van der Waals surface area contributed by atoms with Gasteiger partial charge < -0.3 is 11.5 Å². The molecule has 0 aliphatic carbocycles. The van der Waals surface area contributed by atoms with Gasteiger partial charge in [-0.2, -0.15) is 0 Å². The van der Waals surface area contributed by atoms with E-state index in [0.717, 1.165) is 16.8 Å². The van der Waals surface area contributed by atoms with Gasteiger partial charge in [-0.3, -0.25) is 9.78 Å². The summed E-state index contributed by atoms with van der Waals surface area (Å²) in [5.41, 5.74) is 14.9. The highest BCUT2D eigenvalue weighted by Crippen LogP contribution is 2.21. The molecule has 1 atom stereocenters. The smallest absolute Gasteiger partial charge is 0.234 e. The normalized spacial score (nSPS) is 11.0. The van der Waals surface area contributed by atoms with E-state index in [1.165, 1.54) is 5.56 Å². The lowest BCUT2D eigenvalue weighted by atomic mass is 10.0. The van der Waals surface area contributed by atoms with Crippen LogP contribution in [0.5, 0.6) is 0 Å². The molecule has 0 spiro atoms. The van der Waals surface area contributed by atoms with Gasteiger partial charge in [-0.05, 0) is 30.5 Å². The molecular formula is C17H19N3O. The summed E-state index contributed by atoms with van der Waals surface area (Å²) in [5.74, 6) is -0.497. The molecule has 1 aromatic carbocycles. The van der Waals surface area contributed by atoms with E-state index in [9.17, 15) is 4.79 Å². The van der Waals surface area contributed by atoms with Crippen LogP contribution in [0.15, 0.2) is 42.6 Å². The number of hydrogen-bond acceptors (Lipinski definition) is 3. The maximum Gasteiger partial charge on any atom is 0.234 e. The van der Waals surface area contributed by atoms with Gasteiger partial charge in [0, 0.05) is 11.8 Å². The molecule has 0 saturated heterocycles. The number of aryl methyl sites for hydroxylation is 1. The van der Waals surface area contributed by atoms with Gasteiger partial charge in [-0.1, -0.05) is 30.3 Å². The molecule has 1 aromatic heterocycles. The van der Waals surface area contributed by atoms with Gasteiger partial charge in [0.1, 0.15) is 0 Å². The van der Waals surface area contributed by atoms with Gasteiger partial charge in [0.15, 0.2) is 0 Å². The minimum Gasteiger partial charge on any atom is -0.368 e. The molecule has 0 bridgehead atoms. The number of carbonyl (C=O) groups excluding carboxylic acids is 1. The number of pyridine rings is 1. The molecule has 0 fully saturated rings. The van der Waals surface area contributed by atoms with Crippen molar-refractivity contribution in [3.05, 3.63) is 53.7 Å². The van der Waals surface area contributed by atoms with Crippen LogP contribution < -0.4 is 11.5 Å². The Morgan fingerprint density at radius 3 is 2.43 bits per heavy atom. The van der Waals surface area contributed by atoms with Crippen molar-refractivity contribution in [1.82, 2.24) is 4.98 Å². The van der Waals surface area contributed by atoms with Crippen molar-refractivity contribution in [2.24, 2.45) is 11.5 Å². The first-order valence-corrected chi connectivity index (χ1v) is 6.47. The van der Waals surface area contributed by atoms with Crippen LogP contribution >= 0.6 is 0 Å². The largest absolute Gasteiger partial charge is 0.368 e. The van der Waals surface area contributed by atoms with Crippen molar-refractivity contribution >= 4 is 5.91 Å². The van der Waals surface area contributed by atoms with E-state index in [0.29, 0.717) is 6.42 Å². The van der Waals surface area contributed by atoms with Crippen molar-refractivity contribution in [3.8, 4) is 24.1 Å². The number of nitrogens with two attached hydrogens (primary N) is 2. The van der Waals surface area contributed by atoms with Crippen LogP contribution in [0.3, 0.4) is 0 Å². The van der Waals surface area contributed by atoms with Gasteiger partial charge in [0.2, 0.25) is 5.91 Å². The van der Waals surface area contributed by atoms with Crippen molar-refractivity contribution in [2.75, 3.05) is 0 Å². The maximum absolute atomic E-state index is 10.9. The molecule has 1 amide bonds. The first kappa shape index (κ1) is 16.4. The summed E-state index contributed by atoms with van der Waals surface area (Å²) in [4.78, 5) is 15.3. The molecule has 4 nitrogen and oxygen atoms in total. The van der Waals surface area contributed by atoms with E-state index in [1.807, 2.05) is 43.3 Å². The fourth-order valence-corrected chi connectivity index (χ4v) is 1.92. The van der Waals surface area contributed by atoms with Crippen LogP contribution in [0.4, 0.5) is 0 Å². The summed E-state index contributed by atoms with van der Waals surface area (Å²) in [6.07, 6.45) is 10.2. The standard InChI is InChI=1S/C15H17N3O.C2H2/c1-10-4-2-3-5-12(10)14-7-6-11(9-18-14)8-13(16)15(17)19;1-2/h2-7,9,13H,8,16H2,1H3,(H2,17,19);1-2H/t13-;/m0./s1. The van der Waals surface area contributed by atoms with Crippen LogP contribution in [0.1, 0.15) is 11.1 Å². The summed E-state index contributed by atoms with van der Waals surface area (Å²) in [7, 11) is 0. The molecule has 0 radical (unpaired) electrons. The summed E-state index contributed by atoms with van der Waals surface area (Å²) < 4.78 is 0. The van der Waals surface area contributed by atoms with E-state index < -0.39 is 11.9 Å². The van der Waals surface area contributed by atoms with Crippen LogP contribution in [0.25, 0.3) is 11.3 Å². The van der Waals surface area contributed by atoms with E-state index in [4.69, 9.17) is 11.5 Å². The second-order valence-corrected chi connectivity index (χ2v) is 4.58. The zero-order valence-electron chi connectivity index (χ0n) is 12.0. The lowest BCUT2D eigenvalue weighted by Gasteiger charge is -2.08. The highest BCUT2D eigenvalue weighted by molar-refractivity contribution is 5.79. The summed E-state index contributed by atoms with van der Waals surface area (Å²) in [6, 6.07) is 11.3. The summed E-state index contributed by atoms with van der Waals surface area (Å²) in [6.45, 7) is 2.05. The first-order valence-electron chi connectivity index (χ1n) is 6.47. The zero-order valence-corrected chi connectivity index (χ0v) is 12.0. The summed E-state index contributed by atoms with van der Waals surface area (Å²) in [5, 5.41) is 0. The highest BCUT2D eigenvalue weighted by Gasteiger charge is 2.10. The molecule has 0 aliphatic heterocycles. The van der Waals surface area contributed by atoms with Gasteiger partial charge in [0.05, 0.1) is 11.7 Å². The number of carbonyl (C=O) groups is 1. The Labute approximate surface area is 125 Å². The summed E-state index contributed by atoms with van der Waals surface area (Å²) >= 11 is 0. The maximum atomic E-state index is 10.9. The van der Waals surface area contributed by atoms with E-state index in [2.05, 4.69) is 17.8 Å². The Kier molecular flexibility index (Phi) is 6.12.